The van der Waals surface area contributed by atoms with E-state index in [9.17, 15) is 9.59 Å². The first-order valence-electron chi connectivity index (χ1n) is 21.5. The Kier molecular flexibility index (Phi) is 14.2. The summed E-state index contributed by atoms with van der Waals surface area (Å²) in [6.07, 6.45) is 17.1. The van der Waals surface area contributed by atoms with Gasteiger partial charge >= 0.3 is 0 Å². The molecule has 0 saturated carbocycles. The number of hydrogen-bond acceptors (Lipinski definition) is 5. The lowest BCUT2D eigenvalue weighted by molar-refractivity contribution is 0.0650. The minimum Gasteiger partial charge on any atom is -0.274 e. The molecule has 5 rings (SSSR count). The van der Waals surface area contributed by atoms with Gasteiger partial charge in [0, 0.05) is 30.9 Å². The second kappa shape index (κ2) is 17.7. The van der Waals surface area contributed by atoms with Gasteiger partial charge in [-0.1, -0.05) is 160 Å². The first-order valence-corrected chi connectivity index (χ1v) is 26.4. The van der Waals surface area contributed by atoms with Gasteiger partial charge in [0.2, 0.25) is 0 Å². The molecule has 0 spiro atoms. The molecule has 2 unspecified atom stereocenters. The summed E-state index contributed by atoms with van der Waals surface area (Å²) in [6, 6.07) is 7.94. The molecule has 3 aromatic rings. The van der Waals surface area contributed by atoms with Crippen LogP contribution < -0.4 is 10.4 Å². The number of amides is 2. The third-order valence-corrected chi connectivity index (χ3v) is 22.7. The summed E-state index contributed by atoms with van der Waals surface area (Å²) < 4.78 is 0. The van der Waals surface area contributed by atoms with Gasteiger partial charge in [0.05, 0.1) is 16.0 Å². The Labute approximate surface area is 336 Å². The van der Waals surface area contributed by atoms with Gasteiger partial charge < -0.3 is 0 Å². The van der Waals surface area contributed by atoms with Crippen LogP contribution in [0.25, 0.3) is 19.5 Å². The number of thiophene rings is 3. The monoisotopic (exact) mass is 793 g/mol. The van der Waals surface area contributed by atoms with Crippen molar-refractivity contribution in [2.45, 2.75) is 189 Å². The number of unbranched alkanes of at least 4 members (excludes halogenated alkanes) is 7. The number of hydrogen-bond donors (Lipinski definition) is 0. The second-order valence-electron chi connectivity index (χ2n) is 18.6. The third-order valence-electron chi connectivity index (χ3n) is 12.3. The fraction of sp³-hybridized carbons (Fsp3) is 0.696. The van der Waals surface area contributed by atoms with Crippen LogP contribution in [0.5, 0.6) is 0 Å². The van der Waals surface area contributed by atoms with Crippen molar-refractivity contribution in [3.05, 3.63) is 33.0 Å². The summed E-state index contributed by atoms with van der Waals surface area (Å²) in [7, 11) is -2.18. The summed E-state index contributed by atoms with van der Waals surface area (Å²) in [4.78, 5) is 38.1. The Bertz CT molecular complexity index is 1690. The number of nitrogens with zero attached hydrogens (tertiary/aromatic N) is 1. The lowest BCUT2D eigenvalue weighted by Crippen LogP contribution is -2.56. The van der Waals surface area contributed by atoms with Crippen LogP contribution in [0.4, 0.5) is 0 Å². The Morgan fingerprint density at radius 2 is 1.13 bits per heavy atom. The zero-order valence-electron chi connectivity index (χ0n) is 35.3. The lowest BCUT2D eigenvalue weighted by Gasteiger charge is -2.36. The average Bonchev–Trinajstić information content (AvgIpc) is 3.91. The molecule has 5 heterocycles. The van der Waals surface area contributed by atoms with Crippen molar-refractivity contribution < 1.29 is 9.59 Å². The van der Waals surface area contributed by atoms with Crippen LogP contribution in [-0.4, -0.2) is 31.3 Å². The Morgan fingerprint density at radius 3 is 1.68 bits per heavy atom. The minimum atomic E-state index is -2.18. The van der Waals surface area contributed by atoms with Crippen LogP contribution in [0, 0.1) is 11.8 Å². The molecule has 0 fully saturated rings. The molecule has 7 heteroatoms. The molecule has 0 saturated heterocycles. The van der Waals surface area contributed by atoms with Gasteiger partial charge in [-0.05, 0) is 63.7 Å². The summed E-state index contributed by atoms with van der Waals surface area (Å²) in [5.41, 5.74) is 1.29. The maximum Gasteiger partial charge on any atom is 0.263 e. The molecule has 53 heavy (non-hydrogen) atoms. The van der Waals surface area contributed by atoms with Crippen LogP contribution in [0.2, 0.25) is 12.1 Å². The predicted molar refractivity (Wildman–Crippen MR) is 238 cm³/mol. The Hall–Kier alpha value is -1.54. The van der Waals surface area contributed by atoms with Gasteiger partial charge in [0.25, 0.3) is 11.8 Å². The maximum absolute atomic E-state index is 14.4. The first-order chi connectivity index (χ1) is 25.2. The molecule has 2 amide bonds. The second-order valence-corrected chi connectivity index (χ2v) is 25.8. The maximum atomic E-state index is 14.4. The van der Waals surface area contributed by atoms with Crippen molar-refractivity contribution in [3.63, 3.8) is 0 Å². The molecular formula is C46H71NO2S3Si. The van der Waals surface area contributed by atoms with Gasteiger partial charge in [-0.2, -0.15) is 0 Å². The molecule has 3 aromatic heterocycles. The van der Waals surface area contributed by atoms with Gasteiger partial charge in [0.1, 0.15) is 8.07 Å². The van der Waals surface area contributed by atoms with Gasteiger partial charge in [-0.3, -0.25) is 14.5 Å². The summed E-state index contributed by atoms with van der Waals surface area (Å²) in [6.45, 7) is 26.1. The predicted octanol–water partition coefficient (Wildman–Crippen LogP) is 14.1. The van der Waals surface area contributed by atoms with Crippen molar-refractivity contribution in [2.24, 2.45) is 11.8 Å². The largest absolute Gasteiger partial charge is 0.274 e. The number of carbonyl (C=O) groups excluding carboxylic acids is 2. The zero-order valence-corrected chi connectivity index (χ0v) is 38.8. The fourth-order valence-corrected chi connectivity index (χ4v) is 20.9. The molecule has 0 N–H and O–H groups in total. The summed E-state index contributed by atoms with van der Waals surface area (Å²) in [5, 5.41) is 3.39. The highest BCUT2D eigenvalue weighted by Gasteiger charge is 2.51. The first kappa shape index (κ1) is 42.6. The van der Waals surface area contributed by atoms with Crippen molar-refractivity contribution in [2.75, 3.05) is 6.54 Å². The molecular weight excluding hydrogens is 723 g/mol. The van der Waals surface area contributed by atoms with Crippen molar-refractivity contribution in [1.82, 2.24) is 4.90 Å². The van der Waals surface area contributed by atoms with E-state index in [2.05, 4.69) is 99.6 Å². The fourth-order valence-electron chi connectivity index (χ4n) is 9.01. The summed E-state index contributed by atoms with van der Waals surface area (Å²) >= 11 is 5.74. The highest BCUT2D eigenvalue weighted by molar-refractivity contribution is 7.32. The highest BCUT2D eigenvalue weighted by Crippen LogP contribution is 2.52. The van der Waals surface area contributed by atoms with Crippen LogP contribution in [0.3, 0.4) is 0 Å². The van der Waals surface area contributed by atoms with E-state index >= 15 is 0 Å². The van der Waals surface area contributed by atoms with Crippen LogP contribution >= 0.6 is 34.0 Å². The van der Waals surface area contributed by atoms with Gasteiger partial charge in [-0.15, -0.1) is 34.0 Å². The normalized spacial score (nSPS) is 18.2. The molecule has 0 aromatic carbocycles. The molecule has 2 aliphatic heterocycles. The van der Waals surface area contributed by atoms with E-state index in [1.165, 1.54) is 104 Å². The van der Waals surface area contributed by atoms with Crippen molar-refractivity contribution in [1.29, 1.82) is 0 Å². The molecule has 0 aliphatic carbocycles. The Balaban J connectivity index is 1.66. The molecule has 3 nitrogen and oxygen atoms in total. The zero-order chi connectivity index (χ0) is 38.7. The number of rotatable bonds is 20. The molecule has 0 bridgehead atoms. The quantitative estimate of drug-likeness (QED) is 0.0649. The van der Waals surface area contributed by atoms with E-state index in [-0.39, 0.29) is 22.6 Å². The number of carbonyl (C=O) groups is 2. The average molecular weight is 794 g/mol. The van der Waals surface area contributed by atoms with E-state index < -0.39 is 8.07 Å². The van der Waals surface area contributed by atoms with E-state index in [1.807, 2.05) is 11.3 Å². The number of imide groups is 1. The SMILES string of the molecule is CCCCCCCCN1C(=O)c2c(-c3cc4c(s3)-c3sc(C(C)(C)C)cc3[Si]4(CC(CC)CCCC)CC(CC)CCCC)sc(C(C)(C)C)c2C1=O. The Morgan fingerprint density at radius 1 is 0.604 bits per heavy atom. The smallest absolute Gasteiger partial charge is 0.263 e. The lowest BCUT2D eigenvalue weighted by atomic mass is 9.90. The van der Waals surface area contributed by atoms with Crippen LogP contribution in [0.1, 0.15) is 197 Å². The molecule has 2 atom stereocenters. The van der Waals surface area contributed by atoms with Crippen molar-refractivity contribution in [3.8, 4) is 19.5 Å². The standard InChI is InChI=1S/C46H71NO2S3Si/c1-12-17-20-21-22-23-26-47-43(48)37-38(44(47)49)42(46(9,10)11)52-39(37)33-27-34-40(50-33)41-35(28-36(51-41)45(6,7)8)53(34,29-31(15-4)24-18-13-2)30-32(16-5)25-19-14-3/h27-28,31-32H,12-26,29-30H2,1-11H3. The summed E-state index contributed by atoms with van der Waals surface area (Å²) in [5.74, 6) is 1.36. The van der Waals surface area contributed by atoms with Crippen LogP contribution in [0.15, 0.2) is 12.1 Å². The van der Waals surface area contributed by atoms with Crippen LogP contribution in [-0.2, 0) is 10.8 Å². The van der Waals surface area contributed by atoms with E-state index in [0.717, 1.165) is 34.4 Å². The van der Waals surface area contributed by atoms with Gasteiger partial charge in [-0.25, -0.2) is 0 Å². The molecule has 2 aliphatic rings. The number of fused-ring (bicyclic) bond motifs is 4. The van der Waals surface area contributed by atoms with E-state index in [0.29, 0.717) is 17.7 Å². The van der Waals surface area contributed by atoms with Gasteiger partial charge in [0.15, 0.2) is 0 Å². The third kappa shape index (κ3) is 8.74. The topological polar surface area (TPSA) is 37.4 Å². The van der Waals surface area contributed by atoms with E-state index in [4.69, 9.17) is 0 Å². The molecule has 0 radical (unpaired) electrons. The minimum absolute atomic E-state index is 0.0552. The molecule has 294 valence electrons. The van der Waals surface area contributed by atoms with E-state index in [1.54, 1.807) is 31.5 Å². The highest BCUT2D eigenvalue weighted by atomic mass is 32.1. The van der Waals surface area contributed by atoms with Crippen molar-refractivity contribution >= 4 is 64.3 Å².